The maximum atomic E-state index is 10.5. The van der Waals surface area contributed by atoms with Gasteiger partial charge in [-0.15, -0.1) is 0 Å². The largest absolute Gasteiger partial charge is 0.511 e. The molecule has 2 aliphatic rings. The van der Waals surface area contributed by atoms with Crippen LogP contribution in [-0.2, 0) is 6.42 Å². The summed E-state index contributed by atoms with van der Waals surface area (Å²) in [7, 11) is 0. The van der Waals surface area contributed by atoms with E-state index in [4.69, 9.17) is 9.97 Å². The topological polar surface area (TPSA) is 82.7 Å². The fraction of sp³-hybridized carbons (Fsp3) is 0.280. The Bertz CT molecular complexity index is 1170. The maximum Gasteiger partial charge on any atom is 0.160 e. The van der Waals surface area contributed by atoms with Crippen LogP contribution in [0.15, 0.2) is 66.2 Å². The molecule has 0 spiro atoms. The lowest BCUT2D eigenvalue weighted by atomic mass is 9.65. The Balaban J connectivity index is 1.73. The van der Waals surface area contributed by atoms with Crippen LogP contribution in [0.1, 0.15) is 36.9 Å². The number of hydrogen-bond acceptors (Lipinski definition) is 5. The number of fused-ring (bicyclic) bond motifs is 3. The van der Waals surface area contributed by atoms with Gasteiger partial charge >= 0.3 is 0 Å². The van der Waals surface area contributed by atoms with Gasteiger partial charge in [-0.2, -0.15) is 5.26 Å². The van der Waals surface area contributed by atoms with Crippen molar-refractivity contribution in [1.29, 1.82) is 5.26 Å². The van der Waals surface area contributed by atoms with Gasteiger partial charge in [0.15, 0.2) is 5.82 Å². The first-order chi connectivity index (χ1) is 14.7. The van der Waals surface area contributed by atoms with Crippen molar-refractivity contribution < 1.29 is 5.11 Å². The number of hydrogen-bond donors (Lipinski definition) is 1. The SMILES string of the molecule is CC1C(O)=C(C#N)CC2c3nc(-c4ccncc4)nc(-c4ccccc4)c3CCC12. The Hall–Kier alpha value is -3.52. The van der Waals surface area contributed by atoms with Crippen molar-refractivity contribution in [3.05, 3.63) is 77.4 Å². The Kier molecular flexibility index (Phi) is 4.55. The molecule has 0 bridgehead atoms. The molecular weight excluding hydrogens is 372 g/mol. The predicted octanol–water partition coefficient (Wildman–Crippen LogP) is 5.23. The van der Waals surface area contributed by atoms with Crippen LogP contribution >= 0.6 is 0 Å². The number of nitrogens with zero attached hydrogens (tertiary/aromatic N) is 4. The van der Waals surface area contributed by atoms with Crippen LogP contribution in [-0.4, -0.2) is 20.1 Å². The van der Waals surface area contributed by atoms with E-state index in [9.17, 15) is 10.4 Å². The number of aliphatic hydroxyl groups is 1. The zero-order valence-corrected chi connectivity index (χ0v) is 16.8. The number of allylic oxidation sites excluding steroid dienone is 2. The molecule has 0 fully saturated rings. The van der Waals surface area contributed by atoms with E-state index in [-0.39, 0.29) is 23.5 Å². The number of aromatic nitrogens is 3. The Morgan fingerprint density at radius 3 is 2.53 bits per heavy atom. The molecule has 1 aromatic carbocycles. The van der Waals surface area contributed by atoms with Gasteiger partial charge in [0.05, 0.1) is 23.0 Å². The number of rotatable bonds is 2. The van der Waals surface area contributed by atoms with Crippen molar-refractivity contribution in [2.24, 2.45) is 11.8 Å². The van der Waals surface area contributed by atoms with Crippen LogP contribution in [0.25, 0.3) is 22.6 Å². The van der Waals surface area contributed by atoms with Crippen LogP contribution in [0.4, 0.5) is 0 Å². The molecule has 1 N–H and O–H groups in total. The molecule has 5 heteroatoms. The minimum Gasteiger partial charge on any atom is -0.511 e. The zero-order chi connectivity index (χ0) is 20.7. The molecule has 5 rings (SSSR count). The maximum absolute atomic E-state index is 10.5. The molecule has 0 aliphatic heterocycles. The Morgan fingerprint density at radius 1 is 1.03 bits per heavy atom. The lowest BCUT2D eigenvalue weighted by Gasteiger charge is -2.40. The van der Waals surface area contributed by atoms with Crippen LogP contribution in [0.5, 0.6) is 0 Å². The predicted molar refractivity (Wildman–Crippen MR) is 114 cm³/mol. The van der Waals surface area contributed by atoms with Crippen LogP contribution < -0.4 is 0 Å². The van der Waals surface area contributed by atoms with Gasteiger partial charge in [-0.3, -0.25) is 4.98 Å². The van der Waals surface area contributed by atoms with Gasteiger partial charge in [0.1, 0.15) is 5.76 Å². The monoisotopic (exact) mass is 394 g/mol. The van der Waals surface area contributed by atoms with Crippen molar-refractivity contribution in [2.75, 3.05) is 0 Å². The van der Waals surface area contributed by atoms with Gasteiger partial charge in [-0.1, -0.05) is 37.3 Å². The highest BCUT2D eigenvalue weighted by atomic mass is 16.3. The summed E-state index contributed by atoms with van der Waals surface area (Å²) in [5.74, 6) is 1.29. The van der Waals surface area contributed by atoms with Crippen molar-refractivity contribution in [3.63, 3.8) is 0 Å². The molecule has 3 atom stereocenters. The molecule has 2 heterocycles. The Labute approximate surface area is 175 Å². The summed E-state index contributed by atoms with van der Waals surface area (Å²) in [5.41, 5.74) is 5.66. The molecule has 0 saturated heterocycles. The van der Waals surface area contributed by atoms with E-state index in [1.54, 1.807) is 12.4 Å². The molecule has 2 aromatic heterocycles. The van der Waals surface area contributed by atoms with Crippen molar-refractivity contribution in [3.8, 4) is 28.7 Å². The second kappa shape index (κ2) is 7.38. The average molecular weight is 394 g/mol. The normalized spacial score (nSPS) is 22.7. The summed E-state index contributed by atoms with van der Waals surface area (Å²) >= 11 is 0. The van der Waals surface area contributed by atoms with E-state index in [2.05, 4.69) is 23.2 Å². The van der Waals surface area contributed by atoms with Crippen LogP contribution in [0.2, 0.25) is 0 Å². The smallest absolute Gasteiger partial charge is 0.160 e. The highest BCUT2D eigenvalue weighted by molar-refractivity contribution is 5.68. The Morgan fingerprint density at radius 2 is 1.80 bits per heavy atom. The standard InChI is InChI=1S/C25H22N4O/c1-15-19-7-8-20-22(16-5-3-2-4-6-16)28-25(17-9-11-27-12-10-17)29-23(20)21(19)13-18(14-26)24(15)30/h2-6,9-12,15,19,21,30H,7-8,13H2,1H3. The van der Waals surface area contributed by atoms with E-state index in [1.807, 2.05) is 37.3 Å². The molecule has 5 nitrogen and oxygen atoms in total. The van der Waals surface area contributed by atoms with E-state index in [1.165, 1.54) is 5.56 Å². The fourth-order valence-electron chi connectivity index (χ4n) is 4.99. The van der Waals surface area contributed by atoms with Gasteiger partial charge in [0.2, 0.25) is 0 Å². The summed E-state index contributed by atoms with van der Waals surface area (Å²) in [4.78, 5) is 14.1. The van der Waals surface area contributed by atoms with Crippen molar-refractivity contribution in [1.82, 2.24) is 15.0 Å². The summed E-state index contributed by atoms with van der Waals surface area (Å²) in [6, 6.07) is 16.3. The lowest BCUT2D eigenvalue weighted by Crippen LogP contribution is -2.33. The van der Waals surface area contributed by atoms with Gasteiger partial charge < -0.3 is 5.11 Å². The molecule has 3 aromatic rings. The third-order valence-electron chi connectivity index (χ3n) is 6.56. The lowest BCUT2D eigenvalue weighted by molar-refractivity contribution is 0.198. The van der Waals surface area contributed by atoms with Crippen LogP contribution in [0, 0.1) is 23.2 Å². The molecule has 148 valence electrons. The second-order valence-corrected chi connectivity index (χ2v) is 8.14. The fourth-order valence-corrected chi connectivity index (χ4v) is 4.99. The molecule has 0 radical (unpaired) electrons. The minimum atomic E-state index is -0.0361. The summed E-state index contributed by atoms with van der Waals surface area (Å²) in [6.07, 6.45) is 5.86. The third-order valence-corrected chi connectivity index (χ3v) is 6.56. The number of benzene rings is 1. The van der Waals surface area contributed by atoms with Gasteiger partial charge in [0, 0.05) is 40.9 Å². The summed E-state index contributed by atoms with van der Waals surface area (Å²) < 4.78 is 0. The summed E-state index contributed by atoms with van der Waals surface area (Å²) in [5, 5.41) is 20.1. The first kappa shape index (κ1) is 18.5. The molecule has 30 heavy (non-hydrogen) atoms. The minimum absolute atomic E-state index is 0.0361. The number of aliphatic hydroxyl groups excluding tert-OH is 1. The van der Waals surface area contributed by atoms with Gasteiger partial charge in [-0.25, -0.2) is 9.97 Å². The van der Waals surface area contributed by atoms with Crippen molar-refractivity contribution >= 4 is 0 Å². The van der Waals surface area contributed by atoms with Gasteiger partial charge in [0.25, 0.3) is 0 Å². The molecule has 0 saturated carbocycles. The quantitative estimate of drug-likeness (QED) is 0.644. The van der Waals surface area contributed by atoms with E-state index in [0.29, 0.717) is 17.8 Å². The second-order valence-electron chi connectivity index (χ2n) is 8.14. The molecule has 0 amide bonds. The third kappa shape index (κ3) is 2.96. The van der Waals surface area contributed by atoms with Gasteiger partial charge in [-0.05, 0) is 37.3 Å². The summed E-state index contributed by atoms with van der Waals surface area (Å²) in [6.45, 7) is 2.03. The first-order valence-corrected chi connectivity index (χ1v) is 10.4. The van der Waals surface area contributed by atoms with E-state index >= 15 is 0 Å². The average Bonchev–Trinajstić information content (AvgIpc) is 2.81. The molecule has 3 unspecified atom stereocenters. The first-order valence-electron chi connectivity index (χ1n) is 10.4. The molecule has 2 aliphatic carbocycles. The zero-order valence-electron chi connectivity index (χ0n) is 16.8. The molecular formula is C25H22N4O. The van der Waals surface area contributed by atoms with Crippen molar-refractivity contribution in [2.45, 2.75) is 32.1 Å². The van der Waals surface area contributed by atoms with E-state index < -0.39 is 0 Å². The highest BCUT2D eigenvalue weighted by Crippen LogP contribution is 2.50. The number of nitriles is 1. The highest BCUT2D eigenvalue weighted by Gasteiger charge is 2.42. The van der Waals surface area contributed by atoms with Crippen LogP contribution in [0.3, 0.4) is 0 Å². The van der Waals surface area contributed by atoms with E-state index in [0.717, 1.165) is 35.4 Å². The number of pyridine rings is 1.